The summed E-state index contributed by atoms with van der Waals surface area (Å²) in [6.07, 6.45) is 5.30. The molecule has 0 saturated heterocycles. The predicted octanol–water partition coefficient (Wildman–Crippen LogP) is 3.33. The fourth-order valence-electron chi connectivity index (χ4n) is 2.35. The van der Waals surface area contributed by atoms with Crippen molar-refractivity contribution in [3.63, 3.8) is 0 Å². The molecule has 0 amide bonds. The molecule has 1 atom stereocenters. The van der Waals surface area contributed by atoms with Crippen molar-refractivity contribution < 1.29 is 0 Å². The highest BCUT2D eigenvalue weighted by atomic mass is 32.1. The molecular weight excluding hydrogens is 178 g/mol. The maximum Gasteiger partial charge on any atom is 0.0357 e. The minimum Gasteiger partial charge on any atom is -0.323 e. The Hall–Kier alpha value is -0.340. The summed E-state index contributed by atoms with van der Waals surface area (Å²) >= 11 is 1.75. The molecular formula is C11H17NS. The van der Waals surface area contributed by atoms with Gasteiger partial charge in [0.15, 0.2) is 0 Å². The van der Waals surface area contributed by atoms with Gasteiger partial charge in [0.05, 0.1) is 0 Å². The van der Waals surface area contributed by atoms with Gasteiger partial charge in [0, 0.05) is 6.04 Å². The van der Waals surface area contributed by atoms with Crippen LogP contribution in [0.3, 0.4) is 0 Å². The zero-order valence-corrected chi connectivity index (χ0v) is 8.94. The summed E-state index contributed by atoms with van der Waals surface area (Å²) in [6, 6.07) is 2.42. The van der Waals surface area contributed by atoms with Gasteiger partial charge in [-0.3, -0.25) is 0 Å². The Bertz CT molecular complexity index is 260. The van der Waals surface area contributed by atoms with Crippen molar-refractivity contribution in [2.45, 2.75) is 38.6 Å². The van der Waals surface area contributed by atoms with E-state index in [1.807, 2.05) is 0 Å². The van der Waals surface area contributed by atoms with E-state index in [0.717, 1.165) is 0 Å². The molecule has 1 aliphatic carbocycles. The van der Waals surface area contributed by atoms with Gasteiger partial charge in [-0.05, 0) is 40.6 Å². The Balaban J connectivity index is 2.16. The first-order valence-electron chi connectivity index (χ1n) is 5.00. The van der Waals surface area contributed by atoms with E-state index in [2.05, 4.69) is 23.8 Å². The molecule has 1 nitrogen and oxygen atoms in total. The normalized spacial score (nSPS) is 23.2. The number of rotatable bonds is 2. The number of thiophene rings is 1. The molecule has 2 N–H and O–H groups in total. The summed E-state index contributed by atoms with van der Waals surface area (Å²) < 4.78 is 0. The minimum absolute atomic E-state index is 0.251. The summed E-state index contributed by atoms with van der Waals surface area (Å²) in [4.78, 5) is 0. The summed E-state index contributed by atoms with van der Waals surface area (Å²) in [5.74, 6) is 0. The SMILES string of the molecule is CC1(C(N)c2ccsc2)CCCC1. The lowest BCUT2D eigenvalue weighted by atomic mass is 9.78. The number of hydrogen-bond acceptors (Lipinski definition) is 2. The van der Waals surface area contributed by atoms with Gasteiger partial charge in [0.1, 0.15) is 0 Å². The van der Waals surface area contributed by atoms with E-state index in [-0.39, 0.29) is 6.04 Å². The van der Waals surface area contributed by atoms with Gasteiger partial charge in [-0.1, -0.05) is 19.8 Å². The zero-order chi connectivity index (χ0) is 9.31. The van der Waals surface area contributed by atoms with Crippen LogP contribution in [0.2, 0.25) is 0 Å². The maximum atomic E-state index is 6.29. The van der Waals surface area contributed by atoms with Gasteiger partial charge < -0.3 is 5.73 Å². The fourth-order valence-corrected chi connectivity index (χ4v) is 3.04. The molecule has 0 spiro atoms. The van der Waals surface area contributed by atoms with Crippen molar-refractivity contribution in [1.29, 1.82) is 0 Å². The van der Waals surface area contributed by atoms with E-state index in [1.165, 1.54) is 31.2 Å². The van der Waals surface area contributed by atoms with Crippen LogP contribution in [0.15, 0.2) is 16.8 Å². The molecule has 2 heteroatoms. The summed E-state index contributed by atoms with van der Waals surface area (Å²) in [5, 5.41) is 4.31. The summed E-state index contributed by atoms with van der Waals surface area (Å²) in [5.41, 5.74) is 7.98. The molecule has 1 unspecified atom stereocenters. The van der Waals surface area contributed by atoms with Gasteiger partial charge in [0.2, 0.25) is 0 Å². The van der Waals surface area contributed by atoms with Crippen molar-refractivity contribution in [2.75, 3.05) is 0 Å². The van der Waals surface area contributed by atoms with E-state index in [4.69, 9.17) is 5.73 Å². The van der Waals surface area contributed by atoms with E-state index in [1.54, 1.807) is 11.3 Å². The number of hydrogen-bond donors (Lipinski definition) is 1. The van der Waals surface area contributed by atoms with E-state index in [9.17, 15) is 0 Å². The highest BCUT2D eigenvalue weighted by Gasteiger charge is 2.35. The Morgan fingerprint density at radius 2 is 2.15 bits per heavy atom. The maximum absolute atomic E-state index is 6.29. The van der Waals surface area contributed by atoms with Crippen molar-refractivity contribution in [2.24, 2.45) is 11.1 Å². The molecule has 1 aromatic rings. The van der Waals surface area contributed by atoms with E-state index >= 15 is 0 Å². The highest BCUT2D eigenvalue weighted by Crippen LogP contribution is 2.46. The predicted molar refractivity (Wildman–Crippen MR) is 57.8 cm³/mol. The second-order valence-electron chi connectivity index (χ2n) is 4.40. The summed E-state index contributed by atoms with van der Waals surface area (Å²) in [7, 11) is 0. The molecule has 1 saturated carbocycles. The average molecular weight is 195 g/mol. The fraction of sp³-hybridized carbons (Fsp3) is 0.636. The molecule has 1 aromatic heterocycles. The molecule has 0 bridgehead atoms. The second kappa shape index (κ2) is 3.43. The molecule has 1 aliphatic rings. The molecule has 0 aliphatic heterocycles. The third-order valence-electron chi connectivity index (χ3n) is 3.40. The largest absolute Gasteiger partial charge is 0.323 e. The van der Waals surface area contributed by atoms with Gasteiger partial charge in [0.25, 0.3) is 0 Å². The first-order chi connectivity index (χ1) is 6.22. The van der Waals surface area contributed by atoms with Crippen LogP contribution in [-0.4, -0.2) is 0 Å². The molecule has 13 heavy (non-hydrogen) atoms. The lowest BCUT2D eigenvalue weighted by Crippen LogP contribution is -2.28. The third-order valence-corrected chi connectivity index (χ3v) is 4.10. The molecule has 0 aromatic carbocycles. The zero-order valence-electron chi connectivity index (χ0n) is 8.12. The minimum atomic E-state index is 0.251. The second-order valence-corrected chi connectivity index (χ2v) is 5.18. The molecule has 2 rings (SSSR count). The van der Waals surface area contributed by atoms with Crippen LogP contribution in [0.4, 0.5) is 0 Å². The Labute approximate surface area is 84.0 Å². The van der Waals surface area contributed by atoms with Gasteiger partial charge >= 0.3 is 0 Å². The van der Waals surface area contributed by atoms with E-state index in [0.29, 0.717) is 5.41 Å². The molecule has 1 heterocycles. The van der Waals surface area contributed by atoms with Crippen LogP contribution in [0.1, 0.15) is 44.2 Å². The van der Waals surface area contributed by atoms with Crippen molar-refractivity contribution >= 4 is 11.3 Å². The van der Waals surface area contributed by atoms with Crippen molar-refractivity contribution in [1.82, 2.24) is 0 Å². The Kier molecular flexibility index (Phi) is 2.43. The van der Waals surface area contributed by atoms with Gasteiger partial charge in [-0.15, -0.1) is 0 Å². The topological polar surface area (TPSA) is 26.0 Å². The smallest absolute Gasteiger partial charge is 0.0357 e. The van der Waals surface area contributed by atoms with E-state index < -0.39 is 0 Å². The van der Waals surface area contributed by atoms with Gasteiger partial charge in [-0.2, -0.15) is 11.3 Å². The Morgan fingerprint density at radius 1 is 1.46 bits per heavy atom. The van der Waals surface area contributed by atoms with Crippen molar-refractivity contribution in [3.8, 4) is 0 Å². The number of nitrogens with two attached hydrogens (primary N) is 1. The van der Waals surface area contributed by atoms with Crippen LogP contribution >= 0.6 is 11.3 Å². The average Bonchev–Trinajstić information content (AvgIpc) is 2.73. The van der Waals surface area contributed by atoms with Crippen LogP contribution in [0, 0.1) is 5.41 Å². The van der Waals surface area contributed by atoms with Crippen LogP contribution < -0.4 is 5.73 Å². The third kappa shape index (κ3) is 1.65. The first-order valence-corrected chi connectivity index (χ1v) is 5.94. The monoisotopic (exact) mass is 195 g/mol. The quantitative estimate of drug-likeness (QED) is 0.769. The van der Waals surface area contributed by atoms with Crippen LogP contribution in [-0.2, 0) is 0 Å². The molecule has 0 radical (unpaired) electrons. The summed E-state index contributed by atoms with van der Waals surface area (Å²) in [6.45, 7) is 2.34. The Morgan fingerprint density at radius 3 is 2.69 bits per heavy atom. The van der Waals surface area contributed by atoms with Crippen molar-refractivity contribution in [3.05, 3.63) is 22.4 Å². The lowest BCUT2D eigenvalue weighted by molar-refractivity contribution is 0.266. The lowest BCUT2D eigenvalue weighted by Gasteiger charge is -2.30. The molecule has 72 valence electrons. The molecule has 1 fully saturated rings. The highest BCUT2D eigenvalue weighted by molar-refractivity contribution is 7.07. The first kappa shape index (κ1) is 9.22. The van der Waals surface area contributed by atoms with Crippen LogP contribution in [0.5, 0.6) is 0 Å². The van der Waals surface area contributed by atoms with Crippen LogP contribution in [0.25, 0.3) is 0 Å². The van der Waals surface area contributed by atoms with Gasteiger partial charge in [-0.25, -0.2) is 0 Å². The standard InChI is InChI=1S/C11H17NS/c1-11(5-2-3-6-11)10(12)9-4-7-13-8-9/h4,7-8,10H,2-3,5-6,12H2,1H3.